The topological polar surface area (TPSA) is 83.9 Å². The van der Waals surface area contributed by atoms with Crippen LogP contribution in [-0.2, 0) is 9.59 Å². The van der Waals surface area contributed by atoms with Gasteiger partial charge in [-0.3, -0.25) is 14.4 Å². The van der Waals surface area contributed by atoms with Crippen LogP contribution < -0.4 is 4.74 Å². The molecule has 0 aromatic heterocycles. The molecule has 0 fully saturated rings. The summed E-state index contributed by atoms with van der Waals surface area (Å²) >= 11 is 0. The molecule has 1 aromatic carbocycles. The molecule has 0 aliphatic heterocycles. The highest BCUT2D eigenvalue weighted by Crippen LogP contribution is 2.13. The van der Waals surface area contributed by atoms with Gasteiger partial charge in [0.1, 0.15) is 5.75 Å². The molecular weight excluding hydrogens is 262 g/mol. The van der Waals surface area contributed by atoms with Gasteiger partial charge in [-0.15, -0.1) is 0 Å². The minimum absolute atomic E-state index is 0.0830. The van der Waals surface area contributed by atoms with E-state index in [1.165, 1.54) is 18.9 Å². The van der Waals surface area contributed by atoms with Crippen molar-refractivity contribution in [2.24, 2.45) is 0 Å². The molecule has 0 heterocycles. The SMILES string of the molecule is CC(=O)c1cccc(OCC(=O)N(C)CCC(=O)O)c1. The third kappa shape index (κ3) is 5.09. The molecule has 108 valence electrons. The Morgan fingerprint density at radius 1 is 1.30 bits per heavy atom. The Hall–Kier alpha value is -2.37. The van der Waals surface area contributed by atoms with Gasteiger partial charge >= 0.3 is 5.97 Å². The molecular formula is C14H17NO5. The zero-order valence-corrected chi connectivity index (χ0v) is 11.5. The number of hydrogen-bond donors (Lipinski definition) is 1. The molecule has 0 unspecified atom stereocenters. The van der Waals surface area contributed by atoms with Crippen LogP contribution in [0, 0.1) is 0 Å². The number of likely N-dealkylation sites (N-methyl/N-ethyl adjacent to an activating group) is 1. The minimum atomic E-state index is -0.959. The van der Waals surface area contributed by atoms with Crippen molar-refractivity contribution in [3.05, 3.63) is 29.8 Å². The van der Waals surface area contributed by atoms with Crippen molar-refractivity contribution in [3.63, 3.8) is 0 Å². The fourth-order valence-electron chi connectivity index (χ4n) is 1.45. The minimum Gasteiger partial charge on any atom is -0.484 e. The van der Waals surface area contributed by atoms with Gasteiger partial charge in [0, 0.05) is 19.2 Å². The molecule has 0 atom stereocenters. The van der Waals surface area contributed by atoms with Crippen molar-refractivity contribution >= 4 is 17.7 Å². The van der Waals surface area contributed by atoms with Crippen LogP contribution in [0.2, 0.25) is 0 Å². The number of hydrogen-bond acceptors (Lipinski definition) is 4. The molecule has 0 aliphatic carbocycles. The lowest BCUT2D eigenvalue weighted by atomic mass is 10.1. The summed E-state index contributed by atoms with van der Waals surface area (Å²) in [6.45, 7) is 1.38. The van der Waals surface area contributed by atoms with Gasteiger partial charge in [-0.2, -0.15) is 0 Å². The molecule has 0 saturated heterocycles. The van der Waals surface area contributed by atoms with E-state index >= 15 is 0 Å². The molecule has 0 bridgehead atoms. The summed E-state index contributed by atoms with van der Waals surface area (Å²) in [5, 5.41) is 8.53. The summed E-state index contributed by atoms with van der Waals surface area (Å²) in [6.07, 6.45) is -0.109. The second-order valence-electron chi connectivity index (χ2n) is 4.33. The first-order chi connectivity index (χ1) is 9.40. The second-order valence-corrected chi connectivity index (χ2v) is 4.33. The highest BCUT2D eigenvalue weighted by Gasteiger charge is 2.11. The Bertz CT molecular complexity index is 512. The van der Waals surface area contributed by atoms with E-state index in [9.17, 15) is 14.4 Å². The fourth-order valence-corrected chi connectivity index (χ4v) is 1.45. The molecule has 20 heavy (non-hydrogen) atoms. The first-order valence-electron chi connectivity index (χ1n) is 6.09. The van der Waals surface area contributed by atoms with E-state index in [1.54, 1.807) is 24.3 Å². The number of carbonyl (C=O) groups is 3. The van der Waals surface area contributed by atoms with Gasteiger partial charge in [0.05, 0.1) is 6.42 Å². The maximum Gasteiger partial charge on any atom is 0.305 e. The van der Waals surface area contributed by atoms with Gasteiger partial charge < -0.3 is 14.7 Å². The predicted molar refractivity (Wildman–Crippen MR) is 71.8 cm³/mol. The summed E-state index contributed by atoms with van der Waals surface area (Å²) < 4.78 is 5.30. The highest BCUT2D eigenvalue weighted by atomic mass is 16.5. The smallest absolute Gasteiger partial charge is 0.305 e. The number of carboxylic acids is 1. The van der Waals surface area contributed by atoms with Crippen LogP contribution in [0.4, 0.5) is 0 Å². The normalized spacial score (nSPS) is 9.90. The number of nitrogens with zero attached hydrogens (tertiary/aromatic N) is 1. The van der Waals surface area contributed by atoms with E-state index in [4.69, 9.17) is 9.84 Å². The van der Waals surface area contributed by atoms with Gasteiger partial charge in [0.2, 0.25) is 0 Å². The zero-order valence-electron chi connectivity index (χ0n) is 11.5. The quantitative estimate of drug-likeness (QED) is 0.758. The number of ether oxygens (including phenoxy) is 1. The van der Waals surface area contributed by atoms with Crippen molar-refractivity contribution in [1.29, 1.82) is 0 Å². The van der Waals surface area contributed by atoms with Crippen LogP contribution in [0.15, 0.2) is 24.3 Å². The van der Waals surface area contributed by atoms with E-state index in [0.29, 0.717) is 11.3 Å². The average Bonchev–Trinajstić information content (AvgIpc) is 2.42. The van der Waals surface area contributed by atoms with Gasteiger partial charge in [-0.1, -0.05) is 12.1 Å². The van der Waals surface area contributed by atoms with E-state index in [2.05, 4.69) is 0 Å². The molecule has 0 radical (unpaired) electrons. The van der Waals surface area contributed by atoms with Crippen LogP contribution in [0.1, 0.15) is 23.7 Å². The lowest BCUT2D eigenvalue weighted by Gasteiger charge is -2.16. The molecule has 0 spiro atoms. The number of aliphatic carboxylic acids is 1. The molecule has 1 rings (SSSR count). The van der Waals surface area contributed by atoms with Gasteiger partial charge in [-0.25, -0.2) is 0 Å². The molecule has 1 N–H and O–H groups in total. The first kappa shape index (κ1) is 15.7. The molecule has 1 amide bonds. The first-order valence-corrected chi connectivity index (χ1v) is 6.09. The number of carboxylic acid groups (broad SMARTS) is 1. The highest BCUT2D eigenvalue weighted by molar-refractivity contribution is 5.94. The molecule has 6 nitrogen and oxygen atoms in total. The van der Waals surface area contributed by atoms with E-state index in [1.807, 2.05) is 0 Å². The van der Waals surface area contributed by atoms with Crippen LogP contribution in [-0.4, -0.2) is 47.9 Å². The summed E-state index contributed by atoms with van der Waals surface area (Å²) in [4.78, 5) is 34.6. The largest absolute Gasteiger partial charge is 0.484 e. The summed E-state index contributed by atoms with van der Waals surface area (Å²) in [7, 11) is 1.51. The standard InChI is InChI=1S/C14H17NO5/c1-10(16)11-4-3-5-12(8-11)20-9-13(17)15(2)7-6-14(18)19/h3-5,8H,6-7,9H2,1-2H3,(H,18,19). The Morgan fingerprint density at radius 2 is 2.00 bits per heavy atom. The Balaban J connectivity index is 2.50. The third-order valence-electron chi connectivity index (χ3n) is 2.69. The number of amides is 1. The Labute approximate surface area is 117 Å². The Morgan fingerprint density at radius 3 is 2.60 bits per heavy atom. The van der Waals surface area contributed by atoms with Crippen molar-refractivity contribution in [2.75, 3.05) is 20.2 Å². The van der Waals surface area contributed by atoms with E-state index in [-0.39, 0.29) is 31.3 Å². The summed E-state index contributed by atoms with van der Waals surface area (Å²) in [5.74, 6) is -0.933. The monoisotopic (exact) mass is 279 g/mol. The predicted octanol–water partition coefficient (Wildman–Crippen LogP) is 1.20. The van der Waals surface area contributed by atoms with Crippen LogP contribution in [0.3, 0.4) is 0 Å². The van der Waals surface area contributed by atoms with E-state index in [0.717, 1.165) is 0 Å². The Kier molecular flexibility index (Phi) is 5.71. The summed E-state index contributed by atoms with van der Waals surface area (Å²) in [6, 6.07) is 6.55. The number of ketones is 1. The zero-order chi connectivity index (χ0) is 15.1. The van der Waals surface area contributed by atoms with Crippen molar-refractivity contribution in [1.82, 2.24) is 4.90 Å². The number of Topliss-reactive ketones (excluding diaryl/α,β-unsaturated/α-hetero) is 1. The van der Waals surface area contributed by atoms with Gasteiger partial charge in [0.15, 0.2) is 12.4 Å². The third-order valence-corrected chi connectivity index (χ3v) is 2.69. The molecule has 1 aromatic rings. The molecule has 0 aliphatic rings. The summed E-state index contributed by atoms with van der Waals surface area (Å²) in [5.41, 5.74) is 0.509. The van der Waals surface area contributed by atoms with Crippen LogP contribution in [0.25, 0.3) is 0 Å². The number of carbonyl (C=O) groups excluding carboxylic acids is 2. The number of benzene rings is 1. The molecule has 0 saturated carbocycles. The van der Waals surface area contributed by atoms with Crippen LogP contribution >= 0.6 is 0 Å². The number of rotatable bonds is 7. The maximum atomic E-state index is 11.7. The van der Waals surface area contributed by atoms with Crippen molar-refractivity contribution in [3.8, 4) is 5.75 Å². The van der Waals surface area contributed by atoms with Crippen molar-refractivity contribution < 1.29 is 24.2 Å². The van der Waals surface area contributed by atoms with E-state index < -0.39 is 5.97 Å². The van der Waals surface area contributed by atoms with Gasteiger partial charge in [-0.05, 0) is 19.1 Å². The lowest BCUT2D eigenvalue weighted by Crippen LogP contribution is -2.33. The fraction of sp³-hybridized carbons (Fsp3) is 0.357. The van der Waals surface area contributed by atoms with Crippen LogP contribution in [0.5, 0.6) is 5.75 Å². The van der Waals surface area contributed by atoms with Gasteiger partial charge in [0.25, 0.3) is 5.91 Å². The average molecular weight is 279 g/mol. The van der Waals surface area contributed by atoms with Crippen molar-refractivity contribution in [2.45, 2.75) is 13.3 Å². The second kappa shape index (κ2) is 7.28. The maximum absolute atomic E-state index is 11.7. The lowest BCUT2D eigenvalue weighted by molar-refractivity contribution is -0.138. The molecule has 6 heteroatoms.